The van der Waals surface area contributed by atoms with Crippen molar-refractivity contribution in [3.05, 3.63) is 89.0 Å². The predicted molar refractivity (Wildman–Crippen MR) is 95.8 cm³/mol. The van der Waals surface area contributed by atoms with E-state index in [-0.39, 0.29) is 10.6 Å². The van der Waals surface area contributed by atoms with Crippen LogP contribution in [-0.4, -0.2) is 9.91 Å². The third kappa shape index (κ3) is 2.54. The van der Waals surface area contributed by atoms with Crippen LogP contribution in [-0.2, 0) is 0 Å². The van der Waals surface area contributed by atoms with Crippen LogP contribution in [0.15, 0.2) is 78.9 Å². The monoisotopic (exact) mass is 314 g/mol. The van der Waals surface area contributed by atoms with Gasteiger partial charge in [-0.2, -0.15) is 0 Å². The van der Waals surface area contributed by atoms with Crippen LogP contribution in [0.1, 0.15) is 0 Å². The summed E-state index contributed by atoms with van der Waals surface area (Å²) in [5, 5.41) is 11.9. The van der Waals surface area contributed by atoms with Gasteiger partial charge < -0.3 is 4.98 Å². The number of rotatable bonds is 3. The molecule has 4 rings (SSSR count). The van der Waals surface area contributed by atoms with Crippen LogP contribution in [0.3, 0.4) is 0 Å². The molecule has 4 nitrogen and oxygen atoms in total. The van der Waals surface area contributed by atoms with Crippen LogP contribution >= 0.6 is 0 Å². The second-order valence-electron chi connectivity index (χ2n) is 5.66. The van der Waals surface area contributed by atoms with Gasteiger partial charge in [0.25, 0.3) is 5.69 Å². The summed E-state index contributed by atoms with van der Waals surface area (Å²) in [7, 11) is 0. The predicted octanol–water partition coefficient (Wildman–Crippen LogP) is 5.41. The van der Waals surface area contributed by atoms with Gasteiger partial charge in [-0.05, 0) is 47.0 Å². The van der Waals surface area contributed by atoms with Crippen molar-refractivity contribution >= 4 is 16.6 Å². The molecule has 0 spiro atoms. The van der Waals surface area contributed by atoms with Crippen molar-refractivity contribution in [2.24, 2.45) is 0 Å². The summed E-state index contributed by atoms with van der Waals surface area (Å²) in [6.07, 6.45) is 0. The molecule has 24 heavy (non-hydrogen) atoms. The molecule has 0 atom stereocenters. The molecule has 1 aromatic heterocycles. The quantitative estimate of drug-likeness (QED) is 0.406. The minimum absolute atomic E-state index is 0.0984. The fourth-order valence-corrected chi connectivity index (χ4v) is 2.86. The van der Waals surface area contributed by atoms with Gasteiger partial charge >= 0.3 is 0 Å². The summed E-state index contributed by atoms with van der Waals surface area (Å²) in [4.78, 5) is 13.7. The lowest BCUT2D eigenvalue weighted by Crippen LogP contribution is -1.87. The molecule has 0 amide bonds. The topological polar surface area (TPSA) is 58.9 Å². The number of H-pyrrole nitrogens is 1. The van der Waals surface area contributed by atoms with Gasteiger partial charge in [0.1, 0.15) is 0 Å². The Labute approximate surface area is 138 Å². The molecule has 0 bridgehead atoms. The van der Waals surface area contributed by atoms with Crippen molar-refractivity contribution in [2.45, 2.75) is 0 Å². The van der Waals surface area contributed by atoms with Crippen molar-refractivity contribution < 1.29 is 4.92 Å². The highest BCUT2D eigenvalue weighted by molar-refractivity contribution is 5.89. The Kier molecular flexibility index (Phi) is 3.35. The molecule has 0 aliphatic rings. The number of fused-ring (bicyclic) bond motifs is 1. The van der Waals surface area contributed by atoms with E-state index in [0.717, 1.165) is 27.7 Å². The zero-order chi connectivity index (χ0) is 16.5. The van der Waals surface area contributed by atoms with Gasteiger partial charge in [-0.25, -0.2) is 0 Å². The summed E-state index contributed by atoms with van der Waals surface area (Å²) in [5.74, 6) is 0. The lowest BCUT2D eigenvalue weighted by molar-refractivity contribution is -0.384. The van der Waals surface area contributed by atoms with E-state index >= 15 is 0 Å². The Morgan fingerprint density at radius 1 is 0.750 bits per heavy atom. The van der Waals surface area contributed by atoms with Crippen LogP contribution in [0.25, 0.3) is 33.3 Å². The highest BCUT2D eigenvalue weighted by Gasteiger charge is 2.08. The summed E-state index contributed by atoms with van der Waals surface area (Å²) < 4.78 is 0. The van der Waals surface area contributed by atoms with Gasteiger partial charge in [0.05, 0.1) is 4.92 Å². The van der Waals surface area contributed by atoms with E-state index in [1.165, 1.54) is 17.7 Å². The number of hydrogen-bond acceptors (Lipinski definition) is 2. The smallest absolute Gasteiger partial charge is 0.269 e. The first-order valence-electron chi connectivity index (χ1n) is 7.64. The highest BCUT2D eigenvalue weighted by atomic mass is 16.6. The van der Waals surface area contributed by atoms with Crippen molar-refractivity contribution in [2.75, 3.05) is 0 Å². The van der Waals surface area contributed by atoms with Gasteiger partial charge in [0.2, 0.25) is 0 Å². The lowest BCUT2D eigenvalue weighted by Gasteiger charge is -2.00. The van der Waals surface area contributed by atoms with Crippen molar-refractivity contribution in [3.8, 4) is 22.4 Å². The van der Waals surface area contributed by atoms with E-state index in [1.54, 1.807) is 12.1 Å². The number of aromatic amines is 1. The molecule has 3 aromatic carbocycles. The Morgan fingerprint density at radius 2 is 1.46 bits per heavy atom. The second kappa shape index (κ2) is 5.66. The number of non-ortho nitro benzene ring substituents is 1. The van der Waals surface area contributed by atoms with E-state index < -0.39 is 0 Å². The molecule has 4 aromatic rings. The minimum atomic E-state index is -0.388. The Bertz CT molecular complexity index is 1020. The van der Waals surface area contributed by atoms with Crippen LogP contribution in [0.4, 0.5) is 5.69 Å². The first-order valence-corrected chi connectivity index (χ1v) is 7.64. The third-order valence-electron chi connectivity index (χ3n) is 4.12. The maximum atomic E-state index is 10.8. The largest absolute Gasteiger partial charge is 0.355 e. The molecule has 1 N–H and O–H groups in total. The summed E-state index contributed by atoms with van der Waals surface area (Å²) in [6.45, 7) is 0. The van der Waals surface area contributed by atoms with E-state index in [4.69, 9.17) is 0 Å². The number of nitrogens with zero attached hydrogens (tertiary/aromatic N) is 1. The van der Waals surface area contributed by atoms with Gasteiger partial charge in [0.15, 0.2) is 0 Å². The average molecular weight is 314 g/mol. The van der Waals surface area contributed by atoms with E-state index in [1.807, 2.05) is 18.2 Å². The number of nitro benzene ring substituents is 1. The molecule has 116 valence electrons. The number of hydrogen-bond donors (Lipinski definition) is 1. The first kappa shape index (κ1) is 14.2. The molecule has 0 saturated heterocycles. The van der Waals surface area contributed by atoms with E-state index in [9.17, 15) is 10.1 Å². The van der Waals surface area contributed by atoms with Crippen molar-refractivity contribution in [3.63, 3.8) is 0 Å². The zero-order valence-corrected chi connectivity index (χ0v) is 12.8. The zero-order valence-electron chi connectivity index (χ0n) is 12.8. The molecular weight excluding hydrogens is 300 g/mol. The molecular formula is C20H14N2O2. The molecule has 0 saturated carbocycles. The Morgan fingerprint density at radius 3 is 2.17 bits per heavy atom. The van der Waals surface area contributed by atoms with Crippen molar-refractivity contribution in [1.82, 2.24) is 4.98 Å². The van der Waals surface area contributed by atoms with Gasteiger partial charge in [-0.1, -0.05) is 36.4 Å². The van der Waals surface area contributed by atoms with Gasteiger partial charge in [-0.3, -0.25) is 10.1 Å². The molecule has 4 heteroatoms. The minimum Gasteiger partial charge on any atom is -0.355 e. The fraction of sp³-hybridized carbons (Fsp3) is 0. The van der Waals surface area contributed by atoms with Gasteiger partial charge in [-0.15, -0.1) is 0 Å². The molecule has 0 fully saturated rings. The molecule has 0 radical (unpaired) electrons. The second-order valence-corrected chi connectivity index (χ2v) is 5.66. The van der Waals surface area contributed by atoms with Crippen LogP contribution < -0.4 is 0 Å². The Hall–Kier alpha value is -3.40. The maximum Gasteiger partial charge on any atom is 0.269 e. The molecule has 1 heterocycles. The van der Waals surface area contributed by atoms with Crippen molar-refractivity contribution in [1.29, 1.82) is 0 Å². The first-order chi connectivity index (χ1) is 11.7. The standard InChI is InChI=1S/C20H14N2O2/c23-22(24)18-9-6-15(7-10-18)20-13-17-12-16(8-11-19(17)21-20)14-4-2-1-3-5-14/h1-13,21H. The fourth-order valence-electron chi connectivity index (χ4n) is 2.86. The third-order valence-corrected chi connectivity index (χ3v) is 4.12. The van der Waals surface area contributed by atoms with Crippen LogP contribution in [0.2, 0.25) is 0 Å². The van der Waals surface area contributed by atoms with E-state index in [0.29, 0.717) is 0 Å². The molecule has 0 aliphatic carbocycles. The maximum absolute atomic E-state index is 10.8. The molecule has 0 aliphatic heterocycles. The number of nitrogens with one attached hydrogen (secondary N) is 1. The lowest BCUT2D eigenvalue weighted by atomic mass is 10.0. The number of benzene rings is 3. The summed E-state index contributed by atoms with van der Waals surface area (Å²) >= 11 is 0. The number of nitro groups is 1. The van der Waals surface area contributed by atoms with Gasteiger partial charge in [0, 0.05) is 28.7 Å². The SMILES string of the molecule is O=[N+]([O-])c1ccc(-c2cc3cc(-c4ccccc4)ccc3[nH]2)cc1. The number of aromatic nitrogens is 1. The summed E-state index contributed by atoms with van der Waals surface area (Å²) in [6, 6.07) is 25.2. The van der Waals surface area contributed by atoms with E-state index in [2.05, 4.69) is 41.4 Å². The average Bonchev–Trinajstić information content (AvgIpc) is 3.06. The Balaban J connectivity index is 1.74. The highest BCUT2D eigenvalue weighted by Crippen LogP contribution is 2.29. The van der Waals surface area contributed by atoms with Crippen LogP contribution in [0, 0.1) is 10.1 Å². The normalized spacial score (nSPS) is 10.8. The molecule has 0 unspecified atom stereocenters. The summed E-state index contributed by atoms with van der Waals surface area (Å²) in [5.41, 5.74) is 5.36. The van der Waals surface area contributed by atoms with Crippen LogP contribution in [0.5, 0.6) is 0 Å².